The smallest absolute Gasteiger partial charge is 0.272 e. The van der Waals surface area contributed by atoms with Gasteiger partial charge in [0.1, 0.15) is 12.0 Å². The molecule has 8 nitrogen and oxygen atoms in total. The molecule has 5 rings (SSSR count). The van der Waals surface area contributed by atoms with Gasteiger partial charge >= 0.3 is 0 Å². The molecule has 1 amide bonds. The summed E-state index contributed by atoms with van der Waals surface area (Å²) in [6.45, 7) is 3.22. The monoisotopic (exact) mass is 419 g/mol. The SMILES string of the molecule is CN(Cc1ccoc1)Cc1ccc2n(c1=O)C[C@H]1C[C@@H]2CN(C(=O)c2ccncn2)C1. The number of pyridine rings is 1. The van der Waals surface area contributed by atoms with E-state index >= 15 is 0 Å². The fourth-order valence-electron chi connectivity index (χ4n) is 4.90. The Morgan fingerprint density at radius 3 is 2.87 bits per heavy atom. The Bertz CT molecular complexity index is 1130. The number of hydrogen-bond acceptors (Lipinski definition) is 6. The van der Waals surface area contributed by atoms with Crippen molar-refractivity contribution in [3.05, 3.63) is 82.2 Å². The molecule has 2 bridgehead atoms. The van der Waals surface area contributed by atoms with Crippen LogP contribution in [0.5, 0.6) is 0 Å². The number of aromatic nitrogens is 3. The molecule has 5 heterocycles. The van der Waals surface area contributed by atoms with Crippen molar-refractivity contribution < 1.29 is 9.21 Å². The zero-order valence-corrected chi connectivity index (χ0v) is 17.5. The average Bonchev–Trinajstić information content (AvgIpc) is 3.29. The van der Waals surface area contributed by atoms with Crippen molar-refractivity contribution in [2.75, 3.05) is 20.1 Å². The normalized spacial score (nSPS) is 20.0. The Kier molecular flexibility index (Phi) is 5.15. The summed E-state index contributed by atoms with van der Waals surface area (Å²) in [7, 11) is 2.00. The number of amides is 1. The Morgan fingerprint density at radius 1 is 1.19 bits per heavy atom. The first-order valence-electron chi connectivity index (χ1n) is 10.6. The van der Waals surface area contributed by atoms with E-state index in [1.54, 1.807) is 24.8 Å². The van der Waals surface area contributed by atoms with E-state index in [0.717, 1.165) is 29.8 Å². The van der Waals surface area contributed by atoms with Gasteiger partial charge in [0.15, 0.2) is 0 Å². The van der Waals surface area contributed by atoms with Crippen LogP contribution in [0, 0.1) is 5.92 Å². The number of piperidine rings is 1. The number of hydrogen-bond donors (Lipinski definition) is 0. The molecule has 0 radical (unpaired) electrons. The largest absolute Gasteiger partial charge is 0.472 e. The van der Waals surface area contributed by atoms with E-state index in [2.05, 4.69) is 20.9 Å². The lowest BCUT2D eigenvalue weighted by molar-refractivity contribution is 0.0588. The lowest BCUT2D eigenvalue weighted by Crippen LogP contribution is -2.49. The van der Waals surface area contributed by atoms with Crippen LogP contribution in [0.3, 0.4) is 0 Å². The molecule has 2 aliphatic rings. The van der Waals surface area contributed by atoms with Crippen molar-refractivity contribution >= 4 is 5.91 Å². The first kappa shape index (κ1) is 19.7. The second-order valence-corrected chi connectivity index (χ2v) is 8.61. The van der Waals surface area contributed by atoms with Crippen LogP contribution in [-0.2, 0) is 19.6 Å². The summed E-state index contributed by atoms with van der Waals surface area (Å²) < 4.78 is 7.07. The van der Waals surface area contributed by atoms with Gasteiger partial charge in [-0.15, -0.1) is 0 Å². The van der Waals surface area contributed by atoms with E-state index in [1.807, 2.05) is 28.6 Å². The molecular weight excluding hydrogens is 394 g/mol. The lowest BCUT2D eigenvalue weighted by atomic mass is 9.83. The van der Waals surface area contributed by atoms with Gasteiger partial charge < -0.3 is 13.9 Å². The van der Waals surface area contributed by atoms with E-state index in [0.29, 0.717) is 31.9 Å². The molecule has 31 heavy (non-hydrogen) atoms. The van der Waals surface area contributed by atoms with Crippen LogP contribution in [0.1, 0.15) is 39.6 Å². The van der Waals surface area contributed by atoms with Gasteiger partial charge in [0, 0.05) is 61.7 Å². The lowest BCUT2D eigenvalue weighted by Gasteiger charge is -2.42. The number of nitrogens with zero attached hydrogens (tertiary/aromatic N) is 5. The average molecular weight is 419 g/mol. The maximum absolute atomic E-state index is 13.2. The Balaban J connectivity index is 1.34. The molecule has 1 fully saturated rings. The van der Waals surface area contributed by atoms with Gasteiger partial charge in [0.05, 0.1) is 12.5 Å². The third-order valence-electron chi connectivity index (χ3n) is 6.24. The molecule has 2 atom stereocenters. The van der Waals surface area contributed by atoms with Crippen LogP contribution in [0.25, 0.3) is 0 Å². The highest BCUT2D eigenvalue weighted by Gasteiger charge is 2.37. The molecule has 3 aromatic rings. The van der Waals surface area contributed by atoms with Crippen LogP contribution >= 0.6 is 0 Å². The van der Waals surface area contributed by atoms with Crippen molar-refractivity contribution in [2.24, 2.45) is 5.92 Å². The van der Waals surface area contributed by atoms with Gasteiger partial charge in [-0.2, -0.15) is 0 Å². The molecule has 8 heteroatoms. The summed E-state index contributed by atoms with van der Waals surface area (Å²) in [6.07, 6.45) is 7.39. The number of carbonyl (C=O) groups excluding carboxylic acids is 1. The van der Waals surface area contributed by atoms with Crippen LogP contribution in [0.2, 0.25) is 0 Å². The van der Waals surface area contributed by atoms with Crippen LogP contribution in [0.4, 0.5) is 0 Å². The number of likely N-dealkylation sites (tertiary alicyclic amines) is 1. The first-order valence-corrected chi connectivity index (χ1v) is 10.6. The van der Waals surface area contributed by atoms with Gasteiger partial charge in [0.25, 0.3) is 11.5 Å². The molecule has 3 aromatic heterocycles. The third-order valence-corrected chi connectivity index (χ3v) is 6.24. The summed E-state index contributed by atoms with van der Waals surface area (Å²) in [5.41, 5.74) is 3.42. The minimum Gasteiger partial charge on any atom is -0.472 e. The summed E-state index contributed by atoms with van der Waals surface area (Å²) >= 11 is 0. The molecule has 0 saturated carbocycles. The van der Waals surface area contributed by atoms with Crippen LogP contribution in [0.15, 0.2) is 58.5 Å². The fourth-order valence-corrected chi connectivity index (χ4v) is 4.90. The second kappa shape index (κ2) is 8.11. The quantitative estimate of drug-likeness (QED) is 0.630. The van der Waals surface area contributed by atoms with E-state index in [-0.39, 0.29) is 23.3 Å². The van der Waals surface area contributed by atoms with Gasteiger partial charge in [-0.1, -0.05) is 6.07 Å². The Hall–Kier alpha value is -3.26. The Morgan fingerprint density at radius 2 is 2.10 bits per heavy atom. The van der Waals surface area contributed by atoms with Crippen LogP contribution < -0.4 is 5.56 Å². The zero-order valence-electron chi connectivity index (χ0n) is 17.5. The molecule has 160 valence electrons. The van der Waals surface area contributed by atoms with Gasteiger partial charge in [0.2, 0.25) is 0 Å². The van der Waals surface area contributed by atoms with Gasteiger partial charge in [-0.3, -0.25) is 14.5 Å². The number of carbonyl (C=O) groups is 1. The van der Waals surface area contributed by atoms with Crippen molar-refractivity contribution in [3.63, 3.8) is 0 Å². The summed E-state index contributed by atoms with van der Waals surface area (Å²) in [6, 6.07) is 7.61. The number of fused-ring (bicyclic) bond motifs is 4. The van der Waals surface area contributed by atoms with Crippen molar-refractivity contribution in [1.82, 2.24) is 24.3 Å². The molecular formula is C23H25N5O3. The van der Waals surface area contributed by atoms with E-state index in [9.17, 15) is 9.59 Å². The van der Waals surface area contributed by atoms with E-state index < -0.39 is 0 Å². The highest BCUT2D eigenvalue weighted by Crippen LogP contribution is 2.35. The predicted molar refractivity (Wildman–Crippen MR) is 113 cm³/mol. The third kappa shape index (κ3) is 3.90. The molecule has 0 aromatic carbocycles. The van der Waals surface area contributed by atoms with Crippen LogP contribution in [-0.4, -0.2) is 50.4 Å². The zero-order chi connectivity index (χ0) is 21.4. The van der Waals surface area contributed by atoms with Gasteiger partial charge in [-0.05, 0) is 37.6 Å². The molecule has 0 aliphatic carbocycles. The fraction of sp³-hybridized carbons (Fsp3) is 0.391. The Labute approximate surface area is 180 Å². The van der Waals surface area contributed by atoms with Crippen molar-refractivity contribution in [3.8, 4) is 0 Å². The van der Waals surface area contributed by atoms with Crippen molar-refractivity contribution in [2.45, 2.75) is 32.0 Å². The first-order chi connectivity index (χ1) is 15.1. The maximum Gasteiger partial charge on any atom is 0.272 e. The summed E-state index contributed by atoms with van der Waals surface area (Å²) in [4.78, 5) is 38.1. The van der Waals surface area contributed by atoms with Gasteiger partial charge in [-0.25, -0.2) is 9.97 Å². The molecule has 1 saturated heterocycles. The summed E-state index contributed by atoms with van der Waals surface area (Å²) in [5.74, 6) is 0.378. The molecule has 2 aliphatic heterocycles. The molecule has 0 unspecified atom stereocenters. The number of rotatable bonds is 5. The van der Waals surface area contributed by atoms with Crippen molar-refractivity contribution in [1.29, 1.82) is 0 Å². The highest BCUT2D eigenvalue weighted by atomic mass is 16.3. The predicted octanol–water partition coefficient (Wildman–Crippen LogP) is 2.12. The molecule has 0 N–H and O–H groups in total. The standard InChI is InChI=1S/C23H25N5O3/c1-26(9-16-5-7-31-14-16)12-18-2-3-21-19-8-17(11-28(21)22(18)29)10-27(13-19)23(30)20-4-6-24-15-25-20/h2-7,14-15,17,19H,8-13H2,1H3/t17-,19+/m0/s1. The van der Waals surface area contributed by atoms with E-state index in [4.69, 9.17) is 4.42 Å². The maximum atomic E-state index is 13.2. The highest BCUT2D eigenvalue weighted by molar-refractivity contribution is 5.92. The number of furan rings is 1. The minimum absolute atomic E-state index is 0.0645. The molecule has 0 spiro atoms. The minimum atomic E-state index is -0.0645. The second-order valence-electron chi connectivity index (χ2n) is 8.61. The van der Waals surface area contributed by atoms with E-state index in [1.165, 1.54) is 6.33 Å². The summed E-state index contributed by atoms with van der Waals surface area (Å²) in [5, 5.41) is 0. The topological polar surface area (TPSA) is 84.5 Å².